The zero-order valence-electron chi connectivity index (χ0n) is 20.0. The van der Waals surface area contributed by atoms with E-state index < -0.39 is 30.5 Å². The molecule has 0 amide bonds. The smallest absolute Gasteiger partial charge is 0.124 e. The molecule has 1 heterocycles. The van der Waals surface area contributed by atoms with Crippen LogP contribution in [0.25, 0.3) is 0 Å². The Kier molecular flexibility index (Phi) is 8.96. The van der Waals surface area contributed by atoms with Crippen molar-refractivity contribution in [2.75, 3.05) is 6.61 Å². The highest BCUT2D eigenvalue weighted by atomic mass is 35.5. The summed E-state index contributed by atoms with van der Waals surface area (Å²) in [5, 5.41) is 36.4. The van der Waals surface area contributed by atoms with E-state index >= 15 is 0 Å². The van der Waals surface area contributed by atoms with Gasteiger partial charge in [0.2, 0.25) is 0 Å². The fourth-order valence-electron chi connectivity index (χ4n) is 4.16. The highest BCUT2D eigenvalue weighted by Gasteiger charge is 2.43. The summed E-state index contributed by atoms with van der Waals surface area (Å²) in [7, 11) is 0. The molecular formula is C28H31ClN2O5. The molecule has 0 spiro atoms. The summed E-state index contributed by atoms with van der Waals surface area (Å²) in [6.07, 6.45) is -3.85. The Bertz CT molecular complexity index is 1140. The number of benzene rings is 3. The van der Waals surface area contributed by atoms with Crippen LogP contribution in [0.4, 0.5) is 0 Å². The number of hydrogen-bond acceptors (Lipinski definition) is 7. The fraction of sp³-hybridized carbons (Fsp3) is 0.321. The molecule has 190 valence electrons. The van der Waals surface area contributed by atoms with Gasteiger partial charge >= 0.3 is 0 Å². The van der Waals surface area contributed by atoms with Crippen LogP contribution in [0.2, 0.25) is 5.02 Å². The molecule has 3 aromatic carbocycles. The summed E-state index contributed by atoms with van der Waals surface area (Å²) in [4.78, 5) is 0. The van der Waals surface area contributed by atoms with Crippen LogP contribution in [0.5, 0.6) is 5.75 Å². The van der Waals surface area contributed by atoms with Crippen LogP contribution in [0, 0.1) is 0 Å². The van der Waals surface area contributed by atoms with E-state index in [0.29, 0.717) is 30.2 Å². The van der Waals surface area contributed by atoms with Gasteiger partial charge in [-0.25, -0.2) is 0 Å². The van der Waals surface area contributed by atoms with Crippen molar-refractivity contribution in [1.29, 1.82) is 0 Å². The third-order valence-corrected chi connectivity index (χ3v) is 6.49. The molecule has 5 atom stereocenters. The molecule has 7 nitrogen and oxygen atoms in total. The largest absolute Gasteiger partial charge is 0.494 e. The first-order valence-corrected chi connectivity index (χ1v) is 12.3. The zero-order valence-corrected chi connectivity index (χ0v) is 20.8. The molecule has 0 bridgehead atoms. The molecule has 1 fully saturated rings. The number of halogens is 1. The molecule has 36 heavy (non-hydrogen) atoms. The normalized spacial score (nSPS) is 24.1. The summed E-state index contributed by atoms with van der Waals surface area (Å²) in [5.74, 6) is 0.804. The molecule has 1 saturated heterocycles. The SMILES string of the molecule is CCOc1ccc(Cc2cc([C@@H]3O[C@H](/C=N/NCc4ccccc4)[C@@H](O)[C@H](O)[C@H]3O)ccc2Cl)cc1. The molecule has 1 aliphatic rings. The molecule has 0 unspecified atom stereocenters. The standard InChI is InChI=1S/C28H31ClN2O5/c1-2-35-22-11-8-18(9-12-22)14-21-15-20(10-13-23(21)29)28-27(34)26(33)25(32)24(36-28)17-31-30-16-19-6-4-3-5-7-19/h3-13,15,17,24-28,30,32-34H,2,14,16H2,1H3/b31-17+/t24-,25-,26+,27-,28+/m1/s1. The van der Waals surface area contributed by atoms with Crippen LogP contribution >= 0.6 is 11.6 Å². The number of hydrazone groups is 1. The first-order valence-electron chi connectivity index (χ1n) is 12.0. The number of rotatable bonds is 9. The molecule has 3 aromatic rings. The van der Waals surface area contributed by atoms with Gasteiger partial charge in [-0.15, -0.1) is 0 Å². The van der Waals surface area contributed by atoms with Crippen molar-refractivity contribution in [3.05, 3.63) is 100 Å². The third-order valence-electron chi connectivity index (χ3n) is 6.12. The average Bonchev–Trinajstić information content (AvgIpc) is 2.89. The Hall–Kier alpha value is -2.94. The van der Waals surface area contributed by atoms with Gasteiger partial charge in [0.15, 0.2) is 0 Å². The van der Waals surface area contributed by atoms with E-state index in [2.05, 4.69) is 10.5 Å². The topological polar surface area (TPSA) is 104 Å². The van der Waals surface area contributed by atoms with Gasteiger partial charge < -0.3 is 30.2 Å². The summed E-state index contributed by atoms with van der Waals surface area (Å²) < 4.78 is 11.5. The molecule has 0 saturated carbocycles. The monoisotopic (exact) mass is 510 g/mol. The first-order chi connectivity index (χ1) is 17.5. The van der Waals surface area contributed by atoms with Gasteiger partial charge in [0.25, 0.3) is 0 Å². The first kappa shape index (κ1) is 26.1. The minimum absolute atomic E-state index is 0.501. The van der Waals surface area contributed by atoms with Crippen LogP contribution in [-0.2, 0) is 17.7 Å². The van der Waals surface area contributed by atoms with Crippen molar-refractivity contribution in [1.82, 2.24) is 5.43 Å². The fourth-order valence-corrected chi connectivity index (χ4v) is 4.35. The number of hydrogen-bond donors (Lipinski definition) is 4. The maximum absolute atomic E-state index is 10.7. The molecule has 0 radical (unpaired) electrons. The van der Waals surface area contributed by atoms with E-state index in [1.807, 2.05) is 67.6 Å². The Labute approximate surface area is 216 Å². The van der Waals surface area contributed by atoms with E-state index in [1.165, 1.54) is 6.21 Å². The summed E-state index contributed by atoms with van der Waals surface area (Å²) in [6, 6.07) is 22.9. The lowest BCUT2D eigenvalue weighted by Gasteiger charge is -2.39. The minimum Gasteiger partial charge on any atom is -0.494 e. The number of ether oxygens (including phenoxy) is 2. The maximum atomic E-state index is 10.7. The van der Waals surface area contributed by atoms with Gasteiger partial charge in [-0.3, -0.25) is 0 Å². The molecular weight excluding hydrogens is 480 g/mol. The van der Waals surface area contributed by atoms with E-state index in [0.717, 1.165) is 22.4 Å². The van der Waals surface area contributed by atoms with Gasteiger partial charge in [-0.1, -0.05) is 66.2 Å². The van der Waals surface area contributed by atoms with Gasteiger partial charge in [0, 0.05) is 5.02 Å². The third kappa shape index (κ3) is 6.43. The Morgan fingerprint density at radius 3 is 2.42 bits per heavy atom. The lowest BCUT2D eigenvalue weighted by atomic mass is 9.90. The van der Waals surface area contributed by atoms with E-state index in [-0.39, 0.29) is 0 Å². The number of aliphatic hydroxyl groups is 3. The number of nitrogens with one attached hydrogen (secondary N) is 1. The maximum Gasteiger partial charge on any atom is 0.124 e. The lowest BCUT2D eigenvalue weighted by Crippen LogP contribution is -2.54. The second-order valence-corrected chi connectivity index (χ2v) is 9.10. The molecule has 0 aromatic heterocycles. The van der Waals surface area contributed by atoms with Gasteiger partial charge in [-0.2, -0.15) is 5.10 Å². The van der Waals surface area contributed by atoms with Crippen molar-refractivity contribution < 1.29 is 24.8 Å². The van der Waals surface area contributed by atoms with Gasteiger partial charge in [-0.05, 0) is 53.8 Å². The highest BCUT2D eigenvalue weighted by Crippen LogP contribution is 2.34. The zero-order chi connectivity index (χ0) is 25.5. The quantitative estimate of drug-likeness (QED) is 0.259. The Morgan fingerprint density at radius 1 is 0.944 bits per heavy atom. The minimum atomic E-state index is -1.40. The summed E-state index contributed by atoms with van der Waals surface area (Å²) >= 11 is 6.47. The molecule has 4 rings (SSSR count). The van der Waals surface area contributed by atoms with Crippen molar-refractivity contribution in [3.63, 3.8) is 0 Å². The van der Waals surface area contributed by atoms with Crippen LogP contribution in [-0.4, -0.2) is 52.6 Å². The lowest BCUT2D eigenvalue weighted by molar-refractivity contribution is -0.205. The Morgan fingerprint density at radius 2 is 1.69 bits per heavy atom. The van der Waals surface area contributed by atoms with Crippen molar-refractivity contribution in [2.45, 2.75) is 50.4 Å². The van der Waals surface area contributed by atoms with Crippen LogP contribution in [0.1, 0.15) is 35.3 Å². The van der Waals surface area contributed by atoms with Crippen molar-refractivity contribution in [2.24, 2.45) is 5.10 Å². The summed E-state index contributed by atoms with van der Waals surface area (Å²) in [5.41, 5.74) is 6.51. The van der Waals surface area contributed by atoms with E-state index in [9.17, 15) is 15.3 Å². The molecule has 1 aliphatic heterocycles. The van der Waals surface area contributed by atoms with Crippen molar-refractivity contribution >= 4 is 17.8 Å². The summed E-state index contributed by atoms with van der Waals surface area (Å²) in [6.45, 7) is 3.04. The number of nitrogens with zero attached hydrogens (tertiary/aromatic N) is 1. The molecule has 4 N–H and O–H groups in total. The van der Waals surface area contributed by atoms with Crippen LogP contribution < -0.4 is 10.2 Å². The Balaban J connectivity index is 1.47. The predicted molar refractivity (Wildman–Crippen MR) is 139 cm³/mol. The highest BCUT2D eigenvalue weighted by molar-refractivity contribution is 6.31. The van der Waals surface area contributed by atoms with Gasteiger partial charge in [0.05, 0.1) is 19.4 Å². The molecule has 0 aliphatic carbocycles. The van der Waals surface area contributed by atoms with Crippen LogP contribution in [0.3, 0.4) is 0 Å². The van der Waals surface area contributed by atoms with E-state index in [1.54, 1.807) is 12.1 Å². The number of aliphatic hydroxyl groups excluding tert-OH is 3. The molecule has 8 heteroatoms. The van der Waals surface area contributed by atoms with E-state index in [4.69, 9.17) is 21.1 Å². The second kappa shape index (κ2) is 12.3. The van der Waals surface area contributed by atoms with Gasteiger partial charge in [0.1, 0.15) is 36.3 Å². The van der Waals surface area contributed by atoms with Crippen molar-refractivity contribution in [3.8, 4) is 5.75 Å². The average molecular weight is 511 g/mol. The predicted octanol–water partition coefficient (Wildman–Crippen LogP) is 3.63. The second-order valence-electron chi connectivity index (χ2n) is 8.70. The van der Waals surface area contributed by atoms with Crippen LogP contribution in [0.15, 0.2) is 77.9 Å².